The van der Waals surface area contributed by atoms with Gasteiger partial charge in [-0.3, -0.25) is 4.79 Å². The number of benzene rings is 3. The molecule has 0 radical (unpaired) electrons. The highest BCUT2D eigenvalue weighted by atomic mass is 16.1. The summed E-state index contributed by atoms with van der Waals surface area (Å²) in [5.41, 5.74) is 8.87. The van der Waals surface area contributed by atoms with Gasteiger partial charge < -0.3 is 11.1 Å². The summed E-state index contributed by atoms with van der Waals surface area (Å²) in [6.45, 7) is 1.93. The molecule has 3 heteroatoms. The lowest BCUT2D eigenvalue weighted by Crippen LogP contribution is -2.12. The lowest BCUT2D eigenvalue weighted by molar-refractivity contribution is 0.102. The van der Waals surface area contributed by atoms with Crippen LogP contribution in [0, 0.1) is 6.92 Å². The Bertz CT molecular complexity index is 824. The summed E-state index contributed by atoms with van der Waals surface area (Å²) in [7, 11) is 0. The van der Waals surface area contributed by atoms with Gasteiger partial charge in [-0.2, -0.15) is 0 Å². The van der Waals surface area contributed by atoms with Crippen LogP contribution in [0.25, 0.3) is 10.8 Å². The van der Waals surface area contributed by atoms with E-state index in [0.717, 1.165) is 16.3 Å². The van der Waals surface area contributed by atoms with Crippen LogP contribution >= 0.6 is 0 Å². The quantitative estimate of drug-likeness (QED) is 0.695. The Morgan fingerprint density at radius 2 is 1.71 bits per heavy atom. The van der Waals surface area contributed by atoms with Crippen LogP contribution in [0.4, 0.5) is 11.4 Å². The maximum Gasteiger partial charge on any atom is 0.255 e. The van der Waals surface area contributed by atoms with Gasteiger partial charge in [0.2, 0.25) is 0 Å². The van der Waals surface area contributed by atoms with Crippen molar-refractivity contribution in [1.29, 1.82) is 0 Å². The maximum atomic E-state index is 12.3. The molecule has 104 valence electrons. The summed E-state index contributed by atoms with van der Waals surface area (Å²) in [6.07, 6.45) is 0. The van der Waals surface area contributed by atoms with Crippen LogP contribution in [-0.2, 0) is 0 Å². The van der Waals surface area contributed by atoms with Crippen molar-refractivity contribution < 1.29 is 4.79 Å². The predicted molar refractivity (Wildman–Crippen MR) is 87.5 cm³/mol. The molecule has 0 spiro atoms. The van der Waals surface area contributed by atoms with Crippen LogP contribution in [-0.4, -0.2) is 5.91 Å². The number of anilines is 2. The molecule has 0 heterocycles. The minimum absolute atomic E-state index is 0.135. The van der Waals surface area contributed by atoms with Gasteiger partial charge in [0.15, 0.2) is 0 Å². The number of carbonyl (C=O) groups excluding carboxylic acids is 1. The van der Waals surface area contributed by atoms with Gasteiger partial charge in [-0.15, -0.1) is 0 Å². The Kier molecular flexibility index (Phi) is 3.32. The molecule has 0 fully saturated rings. The fraction of sp³-hybridized carbons (Fsp3) is 0.0556. The molecule has 0 saturated heterocycles. The molecular formula is C18H16N2O. The third-order valence-corrected chi connectivity index (χ3v) is 3.55. The van der Waals surface area contributed by atoms with E-state index in [4.69, 9.17) is 5.73 Å². The van der Waals surface area contributed by atoms with Crippen LogP contribution < -0.4 is 11.1 Å². The Hall–Kier alpha value is -2.81. The fourth-order valence-electron chi connectivity index (χ4n) is 2.25. The zero-order valence-electron chi connectivity index (χ0n) is 11.8. The summed E-state index contributed by atoms with van der Waals surface area (Å²) in [6, 6.07) is 19.2. The van der Waals surface area contributed by atoms with E-state index in [0.29, 0.717) is 16.9 Å². The predicted octanol–water partition coefficient (Wildman–Crippen LogP) is 3.98. The lowest BCUT2D eigenvalue weighted by atomic mass is 10.1. The molecule has 3 N–H and O–H groups in total. The molecule has 3 rings (SSSR count). The fourth-order valence-corrected chi connectivity index (χ4v) is 2.25. The highest BCUT2D eigenvalue weighted by molar-refractivity contribution is 6.06. The molecule has 0 aliphatic carbocycles. The second kappa shape index (κ2) is 5.29. The van der Waals surface area contributed by atoms with Gasteiger partial charge in [0.05, 0.1) is 0 Å². The Morgan fingerprint density at radius 3 is 2.48 bits per heavy atom. The van der Waals surface area contributed by atoms with E-state index in [-0.39, 0.29) is 5.91 Å². The monoisotopic (exact) mass is 276 g/mol. The van der Waals surface area contributed by atoms with Crippen molar-refractivity contribution in [2.45, 2.75) is 6.92 Å². The number of nitrogens with two attached hydrogens (primary N) is 1. The molecule has 0 unspecified atom stereocenters. The molecule has 3 aromatic carbocycles. The van der Waals surface area contributed by atoms with E-state index in [1.807, 2.05) is 61.5 Å². The molecule has 0 atom stereocenters. The normalized spacial score (nSPS) is 10.5. The number of hydrogen-bond donors (Lipinski definition) is 2. The molecule has 0 saturated carbocycles. The molecule has 3 nitrogen and oxygen atoms in total. The van der Waals surface area contributed by atoms with E-state index in [2.05, 4.69) is 5.32 Å². The van der Waals surface area contributed by atoms with Gasteiger partial charge in [0.25, 0.3) is 5.91 Å². The second-order valence-corrected chi connectivity index (χ2v) is 5.09. The largest absolute Gasteiger partial charge is 0.398 e. The van der Waals surface area contributed by atoms with Crippen LogP contribution in [0.3, 0.4) is 0 Å². The van der Waals surface area contributed by atoms with Gasteiger partial charge in [-0.25, -0.2) is 0 Å². The van der Waals surface area contributed by atoms with Crippen molar-refractivity contribution in [3.05, 3.63) is 71.8 Å². The van der Waals surface area contributed by atoms with Gasteiger partial charge in [-0.05, 0) is 47.5 Å². The minimum Gasteiger partial charge on any atom is -0.398 e. The third-order valence-electron chi connectivity index (χ3n) is 3.55. The van der Waals surface area contributed by atoms with Crippen LogP contribution in [0.2, 0.25) is 0 Å². The van der Waals surface area contributed by atoms with Crippen molar-refractivity contribution in [3.63, 3.8) is 0 Å². The molecule has 0 aromatic heterocycles. The zero-order valence-corrected chi connectivity index (χ0v) is 11.8. The zero-order chi connectivity index (χ0) is 14.8. The Morgan fingerprint density at radius 1 is 0.952 bits per heavy atom. The van der Waals surface area contributed by atoms with Gasteiger partial charge in [-0.1, -0.05) is 36.4 Å². The lowest BCUT2D eigenvalue weighted by Gasteiger charge is -2.08. The van der Waals surface area contributed by atoms with E-state index < -0.39 is 0 Å². The Balaban J connectivity index is 1.87. The van der Waals surface area contributed by atoms with E-state index in [1.165, 1.54) is 0 Å². The topological polar surface area (TPSA) is 55.1 Å². The minimum atomic E-state index is -0.135. The molecule has 21 heavy (non-hydrogen) atoms. The van der Waals surface area contributed by atoms with Gasteiger partial charge >= 0.3 is 0 Å². The smallest absolute Gasteiger partial charge is 0.255 e. The number of carbonyl (C=O) groups is 1. The average Bonchev–Trinajstić information content (AvgIpc) is 2.50. The summed E-state index contributed by atoms with van der Waals surface area (Å²) >= 11 is 0. The van der Waals surface area contributed by atoms with Crippen molar-refractivity contribution >= 4 is 28.1 Å². The third kappa shape index (κ3) is 2.72. The number of rotatable bonds is 2. The van der Waals surface area contributed by atoms with Crippen LogP contribution in [0.15, 0.2) is 60.7 Å². The number of nitrogens with one attached hydrogen (secondary N) is 1. The molecule has 0 bridgehead atoms. The van der Waals surface area contributed by atoms with Gasteiger partial charge in [0, 0.05) is 16.9 Å². The average molecular weight is 276 g/mol. The van der Waals surface area contributed by atoms with Crippen molar-refractivity contribution in [2.24, 2.45) is 0 Å². The summed E-state index contributed by atoms with van der Waals surface area (Å²) in [5, 5.41) is 5.04. The number of amides is 1. The number of aryl methyl sites for hydroxylation is 1. The molecule has 0 aliphatic rings. The first-order valence-corrected chi connectivity index (χ1v) is 6.80. The number of nitrogen functional groups attached to an aromatic ring is 1. The molecular weight excluding hydrogens is 260 g/mol. The highest BCUT2D eigenvalue weighted by Gasteiger charge is 2.07. The number of fused-ring (bicyclic) bond motifs is 1. The molecule has 0 aliphatic heterocycles. The highest BCUT2D eigenvalue weighted by Crippen LogP contribution is 2.19. The van der Waals surface area contributed by atoms with Crippen molar-refractivity contribution in [3.8, 4) is 0 Å². The van der Waals surface area contributed by atoms with Gasteiger partial charge in [0.1, 0.15) is 0 Å². The van der Waals surface area contributed by atoms with E-state index in [9.17, 15) is 4.79 Å². The standard InChI is InChI=1S/C18H16N2O/c1-12-6-9-16(11-17(12)19)20-18(21)15-8-7-13-4-2-3-5-14(13)10-15/h2-11H,19H2,1H3,(H,20,21). The van der Waals surface area contributed by atoms with Crippen LogP contribution in [0.1, 0.15) is 15.9 Å². The first-order chi connectivity index (χ1) is 10.1. The maximum absolute atomic E-state index is 12.3. The van der Waals surface area contributed by atoms with Crippen molar-refractivity contribution in [1.82, 2.24) is 0 Å². The SMILES string of the molecule is Cc1ccc(NC(=O)c2ccc3ccccc3c2)cc1N. The summed E-state index contributed by atoms with van der Waals surface area (Å²) in [5.74, 6) is -0.135. The Labute approximate surface area is 123 Å². The summed E-state index contributed by atoms with van der Waals surface area (Å²) in [4.78, 5) is 12.3. The first-order valence-electron chi connectivity index (χ1n) is 6.80. The second-order valence-electron chi connectivity index (χ2n) is 5.09. The molecule has 1 amide bonds. The van der Waals surface area contributed by atoms with E-state index in [1.54, 1.807) is 6.07 Å². The first kappa shape index (κ1) is 13.2. The van der Waals surface area contributed by atoms with E-state index >= 15 is 0 Å². The van der Waals surface area contributed by atoms with Crippen molar-refractivity contribution in [2.75, 3.05) is 11.1 Å². The number of hydrogen-bond acceptors (Lipinski definition) is 2. The van der Waals surface area contributed by atoms with Crippen LogP contribution in [0.5, 0.6) is 0 Å². The summed E-state index contributed by atoms with van der Waals surface area (Å²) < 4.78 is 0. The molecule has 3 aromatic rings.